The van der Waals surface area contributed by atoms with Crippen molar-refractivity contribution in [2.45, 2.75) is 6.42 Å². The van der Waals surface area contributed by atoms with Crippen LogP contribution in [0.2, 0.25) is 15.1 Å². The van der Waals surface area contributed by atoms with Crippen molar-refractivity contribution in [2.24, 2.45) is 0 Å². The Balaban J connectivity index is 3.43. The number of carboxylic acids is 1. The van der Waals surface area contributed by atoms with Crippen LogP contribution in [0.1, 0.15) is 5.56 Å². The Morgan fingerprint density at radius 1 is 1.33 bits per heavy atom. The van der Waals surface area contributed by atoms with Gasteiger partial charge in [0.05, 0.1) is 25.1 Å². The first-order valence-corrected chi connectivity index (χ1v) is 6.72. The van der Waals surface area contributed by atoms with Crippen molar-refractivity contribution in [3.8, 4) is 0 Å². The molecule has 0 aliphatic carbocycles. The molecule has 0 spiro atoms. The topological polar surface area (TPSA) is 54.4 Å². The molecular formula is C8H4Cl3IO3. The minimum atomic E-state index is -1.58. The van der Waals surface area contributed by atoms with Gasteiger partial charge in [-0.1, -0.05) is 34.8 Å². The third kappa shape index (κ3) is 3.03. The first kappa shape index (κ1) is 13.2. The van der Waals surface area contributed by atoms with Gasteiger partial charge in [0.25, 0.3) is 0 Å². The van der Waals surface area contributed by atoms with E-state index in [-0.39, 0.29) is 27.1 Å². The summed E-state index contributed by atoms with van der Waals surface area (Å²) in [5, 5.41) is 9.13. The average Bonchev–Trinajstić information content (AvgIpc) is 2.13. The first-order valence-electron chi connectivity index (χ1n) is 3.62. The highest BCUT2D eigenvalue weighted by Crippen LogP contribution is 2.36. The van der Waals surface area contributed by atoms with Gasteiger partial charge in [-0.15, -0.1) is 0 Å². The lowest BCUT2D eigenvalue weighted by Gasteiger charge is -2.07. The number of hydrogen-bond donors (Lipinski definition) is 1. The number of halogens is 4. The van der Waals surface area contributed by atoms with Gasteiger partial charge in [-0.2, -0.15) is 0 Å². The molecule has 15 heavy (non-hydrogen) atoms. The summed E-state index contributed by atoms with van der Waals surface area (Å²) < 4.78 is 11.2. The van der Waals surface area contributed by atoms with Gasteiger partial charge >= 0.3 is 5.97 Å². The molecule has 3 nitrogen and oxygen atoms in total. The third-order valence-corrected chi connectivity index (χ3v) is 4.72. The van der Waals surface area contributed by atoms with Crippen molar-refractivity contribution >= 4 is 62.0 Å². The van der Waals surface area contributed by atoms with Crippen LogP contribution in [-0.4, -0.2) is 11.1 Å². The molecule has 0 saturated carbocycles. The molecule has 0 aliphatic rings. The fourth-order valence-corrected chi connectivity index (χ4v) is 3.18. The minimum absolute atomic E-state index is 0.106. The normalized spacial score (nSPS) is 10.3. The van der Waals surface area contributed by atoms with Crippen LogP contribution in [0, 0.1) is 3.57 Å². The van der Waals surface area contributed by atoms with Gasteiger partial charge in [-0.05, 0) is 6.07 Å². The molecular weight excluding hydrogens is 377 g/mol. The Hall–Kier alpha value is 0.0900. The van der Waals surface area contributed by atoms with Crippen LogP contribution < -0.4 is 0 Å². The molecule has 0 fully saturated rings. The quantitative estimate of drug-likeness (QED) is 0.641. The molecule has 0 aromatic heterocycles. The van der Waals surface area contributed by atoms with Crippen molar-refractivity contribution in [1.82, 2.24) is 0 Å². The molecule has 0 saturated heterocycles. The zero-order chi connectivity index (χ0) is 11.6. The predicted octanol–water partition coefficient (Wildman–Crippen LogP) is 3.76. The molecule has 0 unspecified atom stereocenters. The van der Waals surface area contributed by atoms with Crippen LogP contribution >= 0.6 is 56.0 Å². The second kappa shape index (κ2) is 5.43. The van der Waals surface area contributed by atoms with Gasteiger partial charge in [0.2, 0.25) is 0 Å². The smallest absolute Gasteiger partial charge is 0.307 e. The Morgan fingerprint density at radius 2 is 1.93 bits per heavy atom. The first-order chi connectivity index (χ1) is 6.97. The molecule has 0 aliphatic heterocycles. The van der Waals surface area contributed by atoms with Gasteiger partial charge in [0, 0.05) is 5.56 Å². The highest BCUT2D eigenvalue weighted by molar-refractivity contribution is 14.1. The number of rotatable bonds is 3. The number of carbonyl (C=O) groups is 1. The molecule has 1 aromatic rings. The Bertz CT molecular complexity index is 434. The number of hydrogen-bond acceptors (Lipinski definition) is 2. The van der Waals surface area contributed by atoms with Gasteiger partial charge in [-0.3, -0.25) is 7.86 Å². The fraction of sp³-hybridized carbons (Fsp3) is 0.125. The van der Waals surface area contributed by atoms with Crippen molar-refractivity contribution < 1.29 is 13.0 Å². The van der Waals surface area contributed by atoms with Crippen LogP contribution in [0.15, 0.2) is 6.07 Å². The van der Waals surface area contributed by atoms with Crippen molar-refractivity contribution in [1.29, 1.82) is 0 Å². The Kier molecular flexibility index (Phi) is 4.76. The lowest BCUT2D eigenvalue weighted by molar-refractivity contribution is -0.136. The molecule has 7 heteroatoms. The van der Waals surface area contributed by atoms with E-state index in [9.17, 15) is 7.86 Å². The zero-order valence-electron chi connectivity index (χ0n) is 7.06. The largest absolute Gasteiger partial charge is 0.481 e. The van der Waals surface area contributed by atoms with Crippen LogP contribution in [0.25, 0.3) is 0 Å². The lowest BCUT2D eigenvalue weighted by atomic mass is 10.1. The Labute approximate surface area is 111 Å². The highest BCUT2D eigenvalue weighted by atomic mass is 127. The summed E-state index contributed by atoms with van der Waals surface area (Å²) in [6.45, 7) is 0. The van der Waals surface area contributed by atoms with E-state index in [4.69, 9.17) is 39.9 Å². The fourth-order valence-electron chi connectivity index (χ4n) is 1.01. The second-order valence-electron chi connectivity index (χ2n) is 2.59. The van der Waals surface area contributed by atoms with E-state index in [0.717, 1.165) is 0 Å². The molecule has 0 heterocycles. The maximum atomic E-state index is 10.9. The van der Waals surface area contributed by atoms with Gasteiger partial charge in [-0.25, -0.2) is 0 Å². The molecule has 0 amide bonds. The number of benzene rings is 1. The van der Waals surface area contributed by atoms with Crippen molar-refractivity contribution in [3.63, 3.8) is 0 Å². The summed E-state index contributed by atoms with van der Waals surface area (Å²) in [5.41, 5.74) is 0.240. The van der Waals surface area contributed by atoms with Gasteiger partial charge in [0.1, 0.15) is 0 Å². The van der Waals surface area contributed by atoms with Crippen molar-refractivity contribution in [2.75, 3.05) is 0 Å². The maximum absolute atomic E-state index is 10.9. The maximum Gasteiger partial charge on any atom is 0.307 e. The van der Waals surface area contributed by atoms with Gasteiger partial charge < -0.3 is 5.11 Å². The summed E-state index contributed by atoms with van der Waals surface area (Å²) >= 11 is 15.7. The molecule has 0 radical (unpaired) electrons. The Morgan fingerprint density at radius 3 is 2.40 bits per heavy atom. The molecule has 0 bridgehead atoms. The predicted molar refractivity (Wildman–Crippen MR) is 66.2 cm³/mol. The van der Waals surface area contributed by atoms with Crippen LogP contribution in [-0.2, 0) is 14.3 Å². The summed E-state index contributed by atoms with van der Waals surface area (Å²) in [6, 6.07) is 1.36. The SMILES string of the molecule is O=Ic1c(Cl)cc(Cl)c(Cl)c1CC(=O)O. The average molecular weight is 381 g/mol. The van der Waals surface area contributed by atoms with E-state index in [0.29, 0.717) is 3.57 Å². The molecule has 82 valence electrons. The van der Waals surface area contributed by atoms with Crippen molar-refractivity contribution in [3.05, 3.63) is 30.3 Å². The lowest BCUT2D eigenvalue weighted by Crippen LogP contribution is -2.03. The van der Waals surface area contributed by atoms with Crippen LogP contribution in [0.3, 0.4) is 0 Å². The standard InChI is InChI=1S/C8H4Cl3IO3/c9-4-2-5(10)8(12-15)3(7(4)11)1-6(13)14/h2H,1H2,(H,13,14). The van der Waals surface area contributed by atoms with E-state index < -0.39 is 27.2 Å². The molecule has 1 aromatic carbocycles. The summed E-state index contributed by atoms with van der Waals surface area (Å²) in [6.07, 6.45) is -0.337. The minimum Gasteiger partial charge on any atom is -0.481 e. The molecule has 1 rings (SSSR count). The van der Waals surface area contributed by atoms with Gasteiger partial charge in [0.15, 0.2) is 21.2 Å². The molecule has 1 N–H and O–H groups in total. The zero-order valence-corrected chi connectivity index (χ0v) is 11.5. The summed E-state index contributed by atoms with van der Waals surface area (Å²) in [4.78, 5) is 10.6. The highest BCUT2D eigenvalue weighted by Gasteiger charge is 2.17. The summed E-state index contributed by atoms with van der Waals surface area (Å²) in [5.74, 6) is -1.08. The van der Waals surface area contributed by atoms with E-state index in [1.807, 2.05) is 0 Å². The van der Waals surface area contributed by atoms with E-state index in [2.05, 4.69) is 0 Å². The monoisotopic (exact) mass is 380 g/mol. The van der Waals surface area contributed by atoms with Crippen LogP contribution in [0.5, 0.6) is 0 Å². The second-order valence-corrected chi connectivity index (χ2v) is 5.31. The number of aliphatic carboxylic acids is 1. The number of carboxylic acid groups (broad SMARTS) is 1. The third-order valence-electron chi connectivity index (χ3n) is 1.61. The van der Waals surface area contributed by atoms with E-state index >= 15 is 0 Å². The van der Waals surface area contributed by atoms with E-state index in [1.54, 1.807) is 0 Å². The summed E-state index contributed by atoms with van der Waals surface area (Å²) in [7, 11) is 0. The van der Waals surface area contributed by atoms with Crippen LogP contribution in [0.4, 0.5) is 0 Å². The molecule has 0 atom stereocenters. The van der Waals surface area contributed by atoms with E-state index in [1.165, 1.54) is 6.07 Å².